The smallest absolute Gasteiger partial charge is 0.246 e. The summed E-state index contributed by atoms with van der Waals surface area (Å²) in [5.41, 5.74) is 0. The van der Waals surface area contributed by atoms with Gasteiger partial charge >= 0.3 is 0 Å². The zero-order chi connectivity index (χ0) is 13.0. The van der Waals surface area contributed by atoms with Gasteiger partial charge in [-0.3, -0.25) is 4.79 Å². The summed E-state index contributed by atoms with van der Waals surface area (Å²) in [7, 11) is 1.94. The highest BCUT2D eigenvalue weighted by Crippen LogP contribution is 2.27. The molecule has 2 nitrogen and oxygen atoms in total. The molecule has 2 unspecified atom stereocenters. The van der Waals surface area contributed by atoms with Crippen LogP contribution in [0.2, 0.25) is 0 Å². The van der Waals surface area contributed by atoms with E-state index in [4.69, 9.17) is 0 Å². The molecular weight excluding hydrogens is 242 g/mol. The molecule has 18 heavy (non-hydrogen) atoms. The van der Waals surface area contributed by atoms with Crippen LogP contribution in [-0.4, -0.2) is 23.9 Å². The van der Waals surface area contributed by atoms with Crippen molar-refractivity contribution in [3.8, 4) is 0 Å². The largest absolute Gasteiger partial charge is 0.339 e. The summed E-state index contributed by atoms with van der Waals surface area (Å²) in [6.07, 6.45) is 8.57. The Morgan fingerprint density at radius 3 is 2.89 bits per heavy atom. The lowest BCUT2D eigenvalue weighted by Crippen LogP contribution is -2.41. The van der Waals surface area contributed by atoms with Gasteiger partial charge in [0.25, 0.3) is 0 Å². The number of hydrogen-bond acceptors (Lipinski definition) is 2. The second-order valence-corrected chi connectivity index (χ2v) is 6.11. The highest BCUT2D eigenvalue weighted by atomic mass is 32.1. The zero-order valence-electron chi connectivity index (χ0n) is 11.1. The molecule has 0 N–H and O–H groups in total. The predicted molar refractivity (Wildman–Crippen MR) is 77.5 cm³/mol. The lowest BCUT2D eigenvalue weighted by Gasteiger charge is -2.35. The fourth-order valence-electron chi connectivity index (χ4n) is 2.69. The van der Waals surface area contributed by atoms with E-state index in [2.05, 4.69) is 6.92 Å². The van der Waals surface area contributed by atoms with E-state index in [1.165, 1.54) is 19.3 Å². The van der Waals surface area contributed by atoms with Gasteiger partial charge in [-0.15, -0.1) is 11.3 Å². The first kappa shape index (κ1) is 13.3. The van der Waals surface area contributed by atoms with E-state index in [1.807, 2.05) is 35.5 Å². The van der Waals surface area contributed by atoms with E-state index in [9.17, 15) is 4.79 Å². The van der Waals surface area contributed by atoms with Crippen molar-refractivity contribution in [1.29, 1.82) is 0 Å². The third-order valence-corrected chi connectivity index (χ3v) is 4.68. The van der Waals surface area contributed by atoms with Crippen molar-refractivity contribution in [2.45, 2.75) is 38.6 Å². The van der Waals surface area contributed by atoms with Crippen LogP contribution in [0.1, 0.15) is 37.5 Å². The first-order valence-electron chi connectivity index (χ1n) is 6.67. The van der Waals surface area contributed by atoms with Gasteiger partial charge in [0.1, 0.15) is 0 Å². The molecule has 1 aromatic heterocycles. The minimum Gasteiger partial charge on any atom is -0.339 e. The molecule has 0 spiro atoms. The Balaban J connectivity index is 1.95. The number of carbonyl (C=O) groups excluding carboxylic acids is 1. The number of amides is 1. The van der Waals surface area contributed by atoms with Crippen LogP contribution in [0.4, 0.5) is 0 Å². The van der Waals surface area contributed by atoms with E-state index in [0.29, 0.717) is 12.0 Å². The fraction of sp³-hybridized carbons (Fsp3) is 0.533. The molecule has 1 aliphatic carbocycles. The average Bonchev–Trinajstić information content (AvgIpc) is 2.89. The van der Waals surface area contributed by atoms with E-state index in [0.717, 1.165) is 11.3 Å². The molecule has 0 saturated heterocycles. The number of hydrogen-bond donors (Lipinski definition) is 0. The van der Waals surface area contributed by atoms with Crippen molar-refractivity contribution in [3.63, 3.8) is 0 Å². The normalized spacial score (nSPS) is 24.3. The first-order valence-corrected chi connectivity index (χ1v) is 7.55. The second-order valence-electron chi connectivity index (χ2n) is 5.13. The van der Waals surface area contributed by atoms with Crippen LogP contribution < -0.4 is 0 Å². The number of nitrogens with zero attached hydrogens (tertiary/aromatic N) is 1. The predicted octanol–water partition coefficient (Wildman–Crippen LogP) is 3.80. The Bertz CT molecular complexity index is 410. The second kappa shape index (κ2) is 6.19. The molecule has 98 valence electrons. The van der Waals surface area contributed by atoms with Gasteiger partial charge in [-0.2, -0.15) is 0 Å². The number of rotatable bonds is 3. The number of thiophene rings is 1. The molecule has 1 fully saturated rings. The summed E-state index contributed by atoms with van der Waals surface area (Å²) >= 11 is 1.66. The van der Waals surface area contributed by atoms with E-state index in [-0.39, 0.29) is 5.91 Å². The Labute approximate surface area is 113 Å². The maximum Gasteiger partial charge on any atom is 0.246 e. The molecule has 0 bridgehead atoms. The molecule has 1 heterocycles. The van der Waals surface area contributed by atoms with Crippen molar-refractivity contribution in [2.24, 2.45) is 5.92 Å². The zero-order valence-corrected chi connectivity index (χ0v) is 12.0. The third kappa shape index (κ3) is 3.22. The molecule has 1 saturated carbocycles. The highest BCUT2D eigenvalue weighted by Gasteiger charge is 2.26. The Morgan fingerprint density at radius 2 is 2.22 bits per heavy atom. The maximum atomic E-state index is 12.1. The molecule has 3 heteroatoms. The van der Waals surface area contributed by atoms with Crippen LogP contribution in [0.15, 0.2) is 23.6 Å². The molecule has 0 aliphatic heterocycles. The lowest BCUT2D eigenvalue weighted by atomic mass is 9.85. The SMILES string of the molecule is CC1CCCCC1N(C)C(=O)/C=C/c1cccs1. The van der Waals surface area contributed by atoms with Crippen molar-refractivity contribution in [3.05, 3.63) is 28.5 Å². The molecule has 2 atom stereocenters. The van der Waals surface area contributed by atoms with Crippen molar-refractivity contribution < 1.29 is 4.79 Å². The molecule has 0 radical (unpaired) electrons. The number of likely N-dealkylation sites (N-methyl/N-ethyl adjacent to an activating group) is 1. The summed E-state index contributed by atoms with van der Waals surface area (Å²) in [6, 6.07) is 4.44. The molecule has 1 aromatic rings. The highest BCUT2D eigenvalue weighted by molar-refractivity contribution is 7.10. The quantitative estimate of drug-likeness (QED) is 0.760. The molecule has 1 aliphatic rings. The van der Waals surface area contributed by atoms with Gasteiger partial charge in [0.05, 0.1) is 0 Å². The molecule has 0 aromatic carbocycles. The van der Waals surface area contributed by atoms with Crippen molar-refractivity contribution >= 4 is 23.3 Å². The summed E-state index contributed by atoms with van der Waals surface area (Å²) in [5, 5.41) is 2.02. The van der Waals surface area contributed by atoms with Crippen LogP contribution in [-0.2, 0) is 4.79 Å². The monoisotopic (exact) mass is 263 g/mol. The van der Waals surface area contributed by atoms with Gasteiger partial charge < -0.3 is 4.90 Å². The molecule has 2 rings (SSSR count). The van der Waals surface area contributed by atoms with Gasteiger partial charge in [0, 0.05) is 24.0 Å². The van der Waals surface area contributed by atoms with E-state index in [1.54, 1.807) is 17.4 Å². The van der Waals surface area contributed by atoms with Crippen LogP contribution in [0, 0.1) is 5.92 Å². The molecule has 1 amide bonds. The summed E-state index contributed by atoms with van der Waals surface area (Å²) in [6.45, 7) is 2.26. The minimum atomic E-state index is 0.127. The average molecular weight is 263 g/mol. The Hall–Kier alpha value is -1.09. The minimum absolute atomic E-state index is 0.127. The summed E-state index contributed by atoms with van der Waals surface area (Å²) in [5.74, 6) is 0.755. The topological polar surface area (TPSA) is 20.3 Å². The molecular formula is C15H21NOS. The van der Waals surface area contributed by atoms with E-state index >= 15 is 0 Å². The Kier molecular flexibility index (Phi) is 4.59. The first-order chi connectivity index (χ1) is 8.68. The van der Waals surface area contributed by atoms with E-state index < -0.39 is 0 Å². The van der Waals surface area contributed by atoms with Gasteiger partial charge in [0.2, 0.25) is 5.91 Å². The van der Waals surface area contributed by atoms with Gasteiger partial charge in [-0.05, 0) is 36.3 Å². The van der Waals surface area contributed by atoms with Crippen LogP contribution >= 0.6 is 11.3 Å². The van der Waals surface area contributed by atoms with Gasteiger partial charge in [-0.25, -0.2) is 0 Å². The van der Waals surface area contributed by atoms with Gasteiger partial charge in [0.15, 0.2) is 0 Å². The van der Waals surface area contributed by atoms with Crippen LogP contribution in [0.3, 0.4) is 0 Å². The van der Waals surface area contributed by atoms with Gasteiger partial charge in [-0.1, -0.05) is 25.8 Å². The summed E-state index contributed by atoms with van der Waals surface area (Å²) in [4.78, 5) is 15.2. The third-order valence-electron chi connectivity index (χ3n) is 3.84. The van der Waals surface area contributed by atoms with Crippen LogP contribution in [0.5, 0.6) is 0 Å². The lowest BCUT2D eigenvalue weighted by molar-refractivity contribution is -0.128. The summed E-state index contributed by atoms with van der Waals surface area (Å²) < 4.78 is 0. The fourth-order valence-corrected chi connectivity index (χ4v) is 3.31. The number of carbonyl (C=O) groups is 1. The van der Waals surface area contributed by atoms with Crippen molar-refractivity contribution in [1.82, 2.24) is 4.90 Å². The standard InChI is InChI=1S/C15H21NOS/c1-12-6-3-4-8-14(12)16(2)15(17)10-9-13-7-5-11-18-13/h5,7,9-12,14H,3-4,6,8H2,1-2H3/b10-9+. The van der Waals surface area contributed by atoms with Crippen LogP contribution in [0.25, 0.3) is 6.08 Å². The Morgan fingerprint density at radius 1 is 1.44 bits per heavy atom. The maximum absolute atomic E-state index is 12.1. The van der Waals surface area contributed by atoms with Crippen molar-refractivity contribution in [2.75, 3.05) is 7.05 Å².